The molecule has 0 aliphatic heterocycles. The van der Waals surface area contributed by atoms with Crippen molar-refractivity contribution in [2.75, 3.05) is 0 Å². The SMILES string of the molecule is O.O.O=S(=O)([O-])NC1CCCCC1.[Mg+2]. The minimum absolute atomic E-state index is 0. The fourth-order valence-corrected chi connectivity index (χ4v) is 2.07. The molecule has 1 aliphatic carbocycles. The Morgan fingerprint density at radius 2 is 1.50 bits per heavy atom. The molecule has 0 aromatic heterocycles. The molecule has 0 amide bonds. The van der Waals surface area contributed by atoms with E-state index in [-0.39, 0.29) is 40.0 Å². The van der Waals surface area contributed by atoms with Crippen molar-refractivity contribution in [3.05, 3.63) is 0 Å². The zero-order valence-corrected chi connectivity index (χ0v) is 10.2. The van der Waals surface area contributed by atoms with E-state index in [0.29, 0.717) is 0 Å². The van der Waals surface area contributed by atoms with Crippen LogP contribution in [0.4, 0.5) is 0 Å². The number of rotatable bonds is 2. The molecule has 1 fully saturated rings. The van der Waals surface area contributed by atoms with Crippen LogP contribution in [0.3, 0.4) is 0 Å². The molecule has 0 aromatic carbocycles. The van der Waals surface area contributed by atoms with Gasteiger partial charge in [0.05, 0.1) is 0 Å². The molecule has 8 heteroatoms. The molecule has 14 heavy (non-hydrogen) atoms. The third-order valence-electron chi connectivity index (χ3n) is 1.92. The Bertz CT molecular complexity index is 214. The molecule has 0 atom stereocenters. The van der Waals surface area contributed by atoms with E-state index in [9.17, 15) is 13.0 Å². The van der Waals surface area contributed by atoms with Gasteiger partial charge in [-0.05, 0) is 12.8 Å². The monoisotopic (exact) mass is 238 g/mol. The summed E-state index contributed by atoms with van der Waals surface area (Å²) in [6.07, 6.45) is 4.81. The van der Waals surface area contributed by atoms with E-state index in [4.69, 9.17) is 0 Å². The van der Waals surface area contributed by atoms with E-state index >= 15 is 0 Å². The Balaban J connectivity index is -0.000000403. The van der Waals surface area contributed by atoms with Gasteiger partial charge in [-0.1, -0.05) is 19.3 Å². The average Bonchev–Trinajstić information content (AvgIpc) is 1.85. The second-order valence-electron chi connectivity index (χ2n) is 2.91. The van der Waals surface area contributed by atoms with Gasteiger partial charge in [0.1, 0.15) is 0 Å². The molecule has 0 spiro atoms. The molecule has 0 saturated heterocycles. The second kappa shape index (κ2) is 8.83. The summed E-state index contributed by atoms with van der Waals surface area (Å²) in [6.45, 7) is 0. The molecule has 0 radical (unpaired) electrons. The van der Waals surface area contributed by atoms with Crippen LogP contribution < -0.4 is 4.72 Å². The van der Waals surface area contributed by atoms with Crippen LogP contribution in [0.25, 0.3) is 0 Å². The first kappa shape index (κ1) is 20.0. The van der Waals surface area contributed by atoms with Crippen LogP contribution in [-0.2, 0) is 10.3 Å². The van der Waals surface area contributed by atoms with Crippen LogP contribution in [0.15, 0.2) is 0 Å². The van der Waals surface area contributed by atoms with Gasteiger partial charge >= 0.3 is 23.1 Å². The summed E-state index contributed by atoms with van der Waals surface area (Å²) in [6, 6.07) is -0.105. The fraction of sp³-hybridized carbons (Fsp3) is 1.00. The smallest absolute Gasteiger partial charge is 0.735 e. The van der Waals surface area contributed by atoms with Gasteiger partial charge in [0.15, 0.2) is 10.3 Å². The summed E-state index contributed by atoms with van der Waals surface area (Å²) in [5, 5.41) is 0. The number of nitrogens with one attached hydrogen (secondary N) is 1. The van der Waals surface area contributed by atoms with E-state index in [1.54, 1.807) is 0 Å². The topological polar surface area (TPSA) is 132 Å². The molecule has 82 valence electrons. The zero-order valence-electron chi connectivity index (χ0n) is 7.95. The van der Waals surface area contributed by atoms with E-state index in [1.165, 1.54) is 0 Å². The van der Waals surface area contributed by atoms with Gasteiger partial charge in [-0.25, -0.2) is 13.1 Å². The molecule has 1 aliphatic rings. The Hall–Kier alpha value is 0.556. The Labute approximate surface area is 100 Å². The van der Waals surface area contributed by atoms with Gasteiger partial charge in [-0.2, -0.15) is 0 Å². The van der Waals surface area contributed by atoms with E-state index < -0.39 is 10.3 Å². The van der Waals surface area contributed by atoms with Crippen molar-refractivity contribution in [1.29, 1.82) is 0 Å². The predicted molar refractivity (Wildman–Crippen MR) is 52.7 cm³/mol. The van der Waals surface area contributed by atoms with Gasteiger partial charge < -0.3 is 15.5 Å². The minimum atomic E-state index is -4.22. The molecule has 0 aromatic rings. The average molecular weight is 239 g/mol. The van der Waals surface area contributed by atoms with Crippen LogP contribution in [0.2, 0.25) is 0 Å². The maximum absolute atomic E-state index is 10.2. The zero-order chi connectivity index (χ0) is 8.32. The van der Waals surface area contributed by atoms with Gasteiger partial charge in [0.25, 0.3) is 0 Å². The van der Waals surface area contributed by atoms with Crippen molar-refractivity contribution in [1.82, 2.24) is 4.72 Å². The van der Waals surface area contributed by atoms with Crippen LogP contribution in [0, 0.1) is 0 Å². The van der Waals surface area contributed by atoms with E-state index in [1.807, 2.05) is 0 Å². The maximum atomic E-state index is 10.2. The predicted octanol–water partition coefficient (Wildman–Crippen LogP) is -1.66. The maximum Gasteiger partial charge on any atom is 2.00 e. The quantitative estimate of drug-likeness (QED) is 0.456. The molecular formula is C6H16MgNO5S+. The van der Waals surface area contributed by atoms with Crippen molar-refractivity contribution in [3.8, 4) is 0 Å². The molecule has 5 N–H and O–H groups in total. The van der Waals surface area contributed by atoms with Gasteiger partial charge in [0.2, 0.25) is 0 Å². The molecule has 0 unspecified atom stereocenters. The second-order valence-corrected chi connectivity index (χ2v) is 4.05. The van der Waals surface area contributed by atoms with Gasteiger partial charge in [-0.15, -0.1) is 0 Å². The number of hydrogen-bond acceptors (Lipinski definition) is 3. The van der Waals surface area contributed by atoms with Crippen molar-refractivity contribution in [3.63, 3.8) is 0 Å². The fourth-order valence-electron chi connectivity index (χ4n) is 1.42. The Morgan fingerprint density at radius 3 is 1.86 bits per heavy atom. The summed E-state index contributed by atoms with van der Waals surface area (Å²) in [5.41, 5.74) is 0. The van der Waals surface area contributed by atoms with E-state index in [0.717, 1.165) is 32.1 Å². The van der Waals surface area contributed by atoms with Crippen molar-refractivity contribution in [2.24, 2.45) is 0 Å². The van der Waals surface area contributed by atoms with Crippen LogP contribution >= 0.6 is 0 Å². The third-order valence-corrected chi connectivity index (χ3v) is 2.54. The molecule has 6 nitrogen and oxygen atoms in total. The van der Waals surface area contributed by atoms with Crippen LogP contribution in [0.5, 0.6) is 0 Å². The van der Waals surface area contributed by atoms with E-state index in [2.05, 4.69) is 4.72 Å². The summed E-state index contributed by atoms with van der Waals surface area (Å²) in [4.78, 5) is 0. The first-order valence-corrected chi connectivity index (χ1v) is 5.22. The summed E-state index contributed by atoms with van der Waals surface area (Å²) in [5.74, 6) is 0. The van der Waals surface area contributed by atoms with Gasteiger partial charge in [-0.3, -0.25) is 0 Å². The first-order chi connectivity index (χ1) is 5.08. The normalized spacial score (nSPS) is 17.2. The molecule has 0 heterocycles. The Kier molecular flexibility index (Phi) is 12.6. The third kappa shape index (κ3) is 9.12. The molecular weight excluding hydrogens is 222 g/mol. The minimum Gasteiger partial charge on any atom is -0.735 e. The molecule has 1 rings (SSSR count). The molecule has 0 bridgehead atoms. The van der Waals surface area contributed by atoms with Crippen molar-refractivity contribution >= 4 is 33.4 Å². The molecule has 1 saturated carbocycles. The van der Waals surface area contributed by atoms with Crippen molar-refractivity contribution < 1.29 is 23.9 Å². The summed E-state index contributed by atoms with van der Waals surface area (Å²) < 4.78 is 32.8. The largest absolute Gasteiger partial charge is 2.00 e. The summed E-state index contributed by atoms with van der Waals surface area (Å²) >= 11 is 0. The Morgan fingerprint density at radius 1 is 1.07 bits per heavy atom. The van der Waals surface area contributed by atoms with Crippen LogP contribution in [0.1, 0.15) is 32.1 Å². The number of hydrogen-bond donors (Lipinski definition) is 1. The first-order valence-electron chi connectivity index (χ1n) is 3.81. The van der Waals surface area contributed by atoms with Gasteiger partial charge in [0, 0.05) is 6.04 Å². The van der Waals surface area contributed by atoms with Crippen LogP contribution in [-0.4, -0.2) is 53.0 Å². The standard InChI is InChI=1S/C6H13NO3S.Mg.2H2O/c8-11(9,10)7-6-4-2-1-3-5-6;;;/h6-7H,1-5H2,(H,8,9,10);;2*1H2/q;+2;;/p-1. The van der Waals surface area contributed by atoms with Crippen molar-refractivity contribution in [2.45, 2.75) is 38.1 Å². The summed E-state index contributed by atoms with van der Waals surface area (Å²) in [7, 11) is -4.22.